The van der Waals surface area contributed by atoms with Gasteiger partial charge in [-0.3, -0.25) is 4.79 Å². The lowest BCUT2D eigenvalue weighted by Crippen LogP contribution is -2.18. The second kappa shape index (κ2) is 7.71. The lowest BCUT2D eigenvalue weighted by Gasteiger charge is -2.11. The van der Waals surface area contributed by atoms with E-state index in [2.05, 4.69) is 20.6 Å². The van der Waals surface area contributed by atoms with Gasteiger partial charge in [-0.25, -0.2) is 4.68 Å². The Balaban J connectivity index is 1.59. The summed E-state index contributed by atoms with van der Waals surface area (Å²) in [4.78, 5) is 12.1. The van der Waals surface area contributed by atoms with Crippen molar-refractivity contribution in [1.29, 1.82) is 0 Å². The van der Waals surface area contributed by atoms with Crippen LogP contribution in [0.2, 0.25) is 5.02 Å². The van der Waals surface area contributed by atoms with Crippen LogP contribution in [-0.2, 0) is 4.79 Å². The molecule has 1 N–H and O–H groups in total. The molecule has 9 heteroatoms. The average molecular weight is 378 g/mol. The highest BCUT2D eigenvalue weighted by molar-refractivity contribution is 7.99. The molecule has 0 fully saturated rings. The third kappa shape index (κ3) is 4.40. The molecule has 3 rings (SSSR count). The van der Waals surface area contributed by atoms with Crippen molar-refractivity contribution < 1.29 is 9.21 Å². The molecule has 0 saturated carbocycles. The summed E-state index contributed by atoms with van der Waals surface area (Å²) in [5, 5.41) is 15.8. The van der Waals surface area contributed by atoms with E-state index in [4.69, 9.17) is 16.0 Å². The van der Waals surface area contributed by atoms with E-state index < -0.39 is 0 Å². The molecule has 0 unspecified atom stereocenters. The standard InChI is InChI=1S/C16H16ClN5O2S/c1-10(2)22-13(6-7-18-22)19-14(23)9-25-16-21-20-15(24-16)11-4-3-5-12(17)8-11/h3-8,10H,9H2,1-2H3,(H,19,23). The number of anilines is 1. The number of amides is 1. The van der Waals surface area contributed by atoms with Gasteiger partial charge < -0.3 is 9.73 Å². The van der Waals surface area contributed by atoms with E-state index in [1.54, 1.807) is 35.1 Å². The number of carbonyl (C=O) groups excluding carboxylic acids is 1. The molecular weight excluding hydrogens is 362 g/mol. The Hall–Kier alpha value is -2.32. The van der Waals surface area contributed by atoms with Crippen LogP contribution in [0.3, 0.4) is 0 Å². The number of hydrogen-bond donors (Lipinski definition) is 1. The number of rotatable bonds is 6. The van der Waals surface area contributed by atoms with Crippen LogP contribution in [0.4, 0.5) is 5.82 Å². The maximum absolute atomic E-state index is 12.1. The van der Waals surface area contributed by atoms with E-state index >= 15 is 0 Å². The normalized spacial score (nSPS) is 11.0. The number of benzene rings is 1. The summed E-state index contributed by atoms with van der Waals surface area (Å²) in [5.41, 5.74) is 0.733. The molecule has 1 amide bonds. The first-order valence-corrected chi connectivity index (χ1v) is 8.95. The first-order chi connectivity index (χ1) is 12.0. The largest absolute Gasteiger partial charge is 0.411 e. The van der Waals surface area contributed by atoms with Gasteiger partial charge in [0.15, 0.2) is 0 Å². The van der Waals surface area contributed by atoms with Gasteiger partial charge in [0.25, 0.3) is 5.22 Å². The second-order valence-corrected chi connectivity index (χ2v) is 6.84. The molecule has 0 aliphatic heterocycles. The highest BCUT2D eigenvalue weighted by atomic mass is 35.5. The van der Waals surface area contributed by atoms with Crippen LogP contribution in [0, 0.1) is 0 Å². The van der Waals surface area contributed by atoms with Gasteiger partial charge in [-0.1, -0.05) is 29.4 Å². The van der Waals surface area contributed by atoms with E-state index in [-0.39, 0.29) is 17.7 Å². The van der Waals surface area contributed by atoms with Crippen LogP contribution in [0.1, 0.15) is 19.9 Å². The SMILES string of the molecule is CC(C)n1nccc1NC(=O)CSc1nnc(-c2cccc(Cl)c2)o1. The predicted molar refractivity (Wildman–Crippen MR) is 96.7 cm³/mol. The minimum absolute atomic E-state index is 0.153. The van der Waals surface area contributed by atoms with E-state index in [9.17, 15) is 4.79 Å². The summed E-state index contributed by atoms with van der Waals surface area (Å²) in [7, 11) is 0. The van der Waals surface area contributed by atoms with E-state index in [1.807, 2.05) is 19.9 Å². The molecule has 0 spiro atoms. The van der Waals surface area contributed by atoms with Crippen molar-refractivity contribution in [3.05, 3.63) is 41.6 Å². The number of aromatic nitrogens is 4. The molecule has 2 aromatic heterocycles. The Morgan fingerprint density at radius 3 is 2.96 bits per heavy atom. The zero-order valence-corrected chi connectivity index (χ0v) is 15.2. The third-order valence-electron chi connectivity index (χ3n) is 3.23. The van der Waals surface area contributed by atoms with Crippen molar-refractivity contribution in [1.82, 2.24) is 20.0 Å². The molecule has 0 radical (unpaired) electrons. The van der Waals surface area contributed by atoms with Gasteiger partial charge in [0.1, 0.15) is 5.82 Å². The summed E-state index contributed by atoms with van der Waals surface area (Å²) in [5.74, 6) is 1.00. The molecular formula is C16H16ClN5O2S. The molecule has 2 heterocycles. The first kappa shape index (κ1) is 17.5. The fraction of sp³-hybridized carbons (Fsp3) is 0.250. The number of nitrogens with zero attached hydrogens (tertiary/aromatic N) is 4. The van der Waals surface area contributed by atoms with Crippen molar-refractivity contribution in [2.45, 2.75) is 25.1 Å². The van der Waals surface area contributed by atoms with E-state index in [0.29, 0.717) is 22.0 Å². The molecule has 7 nitrogen and oxygen atoms in total. The molecule has 1 aromatic carbocycles. The van der Waals surface area contributed by atoms with Gasteiger partial charge in [-0.15, -0.1) is 10.2 Å². The summed E-state index contributed by atoms with van der Waals surface area (Å²) >= 11 is 7.12. The van der Waals surface area contributed by atoms with Crippen LogP contribution < -0.4 is 5.32 Å². The summed E-state index contributed by atoms with van der Waals surface area (Å²) in [6.07, 6.45) is 1.65. The highest BCUT2D eigenvalue weighted by Gasteiger charge is 2.13. The molecule has 0 saturated heterocycles. The lowest BCUT2D eigenvalue weighted by molar-refractivity contribution is -0.113. The Kier molecular flexibility index (Phi) is 5.40. The molecule has 25 heavy (non-hydrogen) atoms. The Bertz CT molecular complexity index is 877. The minimum Gasteiger partial charge on any atom is -0.411 e. The first-order valence-electron chi connectivity index (χ1n) is 7.58. The molecule has 130 valence electrons. The van der Waals surface area contributed by atoms with Gasteiger partial charge in [0.05, 0.1) is 11.9 Å². The average Bonchev–Trinajstić information content (AvgIpc) is 3.22. The summed E-state index contributed by atoms with van der Waals surface area (Å²) < 4.78 is 7.30. The smallest absolute Gasteiger partial charge is 0.277 e. The van der Waals surface area contributed by atoms with Crippen molar-refractivity contribution in [3.8, 4) is 11.5 Å². The minimum atomic E-state index is -0.171. The number of carbonyl (C=O) groups is 1. The zero-order valence-electron chi connectivity index (χ0n) is 13.6. The maximum Gasteiger partial charge on any atom is 0.277 e. The zero-order chi connectivity index (χ0) is 17.8. The van der Waals surface area contributed by atoms with Crippen LogP contribution in [0.25, 0.3) is 11.5 Å². The second-order valence-electron chi connectivity index (χ2n) is 5.48. The van der Waals surface area contributed by atoms with E-state index in [1.165, 1.54) is 11.8 Å². The van der Waals surface area contributed by atoms with Crippen molar-refractivity contribution in [3.63, 3.8) is 0 Å². The Morgan fingerprint density at radius 1 is 1.36 bits per heavy atom. The topological polar surface area (TPSA) is 85.8 Å². The van der Waals surface area contributed by atoms with Gasteiger partial charge in [0, 0.05) is 22.7 Å². The lowest BCUT2D eigenvalue weighted by atomic mass is 10.2. The third-order valence-corrected chi connectivity index (χ3v) is 4.29. The van der Waals surface area contributed by atoms with Gasteiger partial charge in [-0.2, -0.15) is 5.10 Å². The van der Waals surface area contributed by atoms with Gasteiger partial charge >= 0.3 is 0 Å². The number of thioether (sulfide) groups is 1. The molecule has 0 bridgehead atoms. The fourth-order valence-corrected chi connectivity index (χ4v) is 2.89. The Labute approximate surface area is 153 Å². The van der Waals surface area contributed by atoms with Crippen molar-refractivity contribution in [2.24, 2.45) is 0 Å². The predicted octanol–water partition coefficient (Wildman–Crippen LogP) is 3.90. The Morgan fingerprint density at radius 2 is 2.20 bits per heavy atom. The highest BCUT2D eigenvalue weighted by Crippen LogP contribution is 2.25. The number of hydrogen-bond acceptors (Lipinski definition) is 6. The van der Waals surface area contributed by atoms with Crippen LogP contribution >= 0.6 is 23.4 Å². The van der Waals surface area contributed by atoms with Gasteiger partial charge in [0.2, 0.25) is 11.8 Å². The summed E-state index contributed by atoms with van der Waals surface area (Å²) in [6.45, 7) is 3.99. The number of halogens is 1. The monoisotopic (exact) mass is 377 g/mol. The van der Waals surface area contributed by atoms with Crippen LogP contribution in [0.15, 0.2) is 46.2 Å². The number of nitrogens with one attached hydrogen (secondary N) is 1. The summed E-state index contributed by atoms with van der Waals surface area (Å²) in [6, 6.07) is 9.06. The van der Waals surface area contributed by atoms with Crippen LogP contribution in [-0.4, -0.2) is 31.6 Å². The van der Waals surface area contributed by atoms with E-state index in [0.717, 1.165) is 5.56 Å². The molecule has 0 aliphatic carbocycles. The quantitative estimate of drug-likeness (QED) is 0.655. The van der Waals surface area contributed by atoms with Crippen molar-refractivity contribution >= 4 is 35.1 Å². The maximum atomic E-state index is 12.1. The van der Waals surface area contributed by atoms with Crippen molar-refractivity contribution in [2.75, 3.05) is 11.1 Å². The molecule has 0 atom stereocenters. The fourth-order valence-electron chi connectivity index (χ4n) is 2.14. The molecule has 0 aliphatic rings. The van der Waals surface area contributed by atoms with Gasteiger partial charge in [-0.05, 0) is 32.0 Å². The molecule has 3 aromatic rings. The van der Waals surface area contributed by atoms with Crippen LogP contribution in [0.5, 0.6) is 0 Å².